The van der Waals surface area contributed by atoms with Crippen molar-refractivity contribution in [1.29, 1.82) is 0 Å². The first-order chi connectivity index (χ1) is 7.95. The van der Waals surface area contributed by atoms with Crippen molar-refractivity contribution < 1.29 is 0 Å². The average molecular weight is 224 g/mol. The Hall–Kier alpha value is -1.47. The minimum atomic E-state index is 0.447. The standard InChI is InChI=1S/C15H12S/c1-2-7-13(8-3-1)15-14-9-5-4-6-12(14)10-11-16-15/h1-11,15H. The van der Waals surface area contributed by atoms with Gasteiger partial charge in [-0.05, 0) is 28.2 Å². The zero-order valence-electron chi connectivity index (χ0n) is 8.84. The number of hydrogen-bond donors (Lipinski definition) is 0. The second-order valence-electron chi connectivity index (χ2n) is 3.86. The van der Waals surface area contributed by atoms with Crippen LogP contribution in [0.1, 0.15) is 21.9 Å². The van der Waals surface area contributed by atoms with E-state index in [1.54, 1.807) is 0 Å². The number of hydrogen-bond acceptors (Lipinski definition) is 1. The lowest BCUT2D eigenvalue weighted by molar-refractivity contribution is 1.15. The third-order valence-corrected chi connectivity index (χ3v) is 3.93. The van der Waals surface area contributed by atoms with E-state index in [9.17, 15) is 0 Å². The fourth-order valence-corrected chi connectivity index (χ4v) is 3.11. The molecule has 0 N–H and O–H groups in total. The Balaban J connectivity index is 2.09. The van der Waals surface area contributed by atoms with Gasteiger partial charge in [0.05, 0.1) is 5.25 Å². The van der Waals surface area contributed by atoms with Crippen LogP contribution in [0, 0.1) is 0 Å². The van der Waals surface area contributed by atoms with Gasteiger partial charge in [-0.15, -0.1) is 11.8 Å². The summed E-state index contributed by atoms with van der Waals surface area (Å²) in [6.45, 7) is 0. The van der Waals surface area contributed by atoms with E-state index in [1.807, 2.05) is 11.8 Å². The molecule has 0 aromatic heterocycles. The predicted molar refractivity (Wildman–Crippen MR) is 71.4 cm³/mol. The Kier molecular flexibility index (Phi) is 2.55. The smallest absolute Gasteiger partial charge is 0.0593 e. The van der Waals surface area contributed by atoms with Gasteiger partial charge in [0.1, 0.15) is 0 Å². The maximum atomic E-state index is 2.23. The minimum absolute atomic E-state index is 0.447. The van der Waals surface area contributed by atoms with Crippen molar-refractivity contribution in [2.45, 2.75) is 5.25 Å². The van der Waals surface area contributed by atoms with Gasteiger partial charge in [0.25, 0.3) is 0 Å². The molecule has 1 heteroatoms. The second-order valence-corrected chi connectivity index (χ2v) is 4.87. The van der Waals surface area contributed by atoms with Crippen LogP contribution in [-0.2, 0) is 0 Å². The zero-order chi connectivity index (χ0) is 10.8. The first-order valence-corrected chi connectivity index (χ1v) is 6.35. The molecule has 1 aliphatic rings. The van der Waals surface area contributed by atoms with E-state index < -0.39 is 0 Å². The van der Waals surface area contributed by atoms with Crippen LogP contribution in [0.3, 0.4) is 0 Å². The van der Waals surface area contributed by atoms with Gasteiger partial charge in [-0.2, -0.15) is 0 Å². The largest absolute Gasteiger partial charge is 0.121 e. The fraction of sp³-hybridized carbons (Fsp3) is 0.0667. The Bertz CT molecular complexity index is 514. The van der Waals surface area contributed by atoms with Gasteiger partial charge in [-0.3, -0.25) is 0 Å². The normalized spacial score (nSPS) is 18.1. The van der Waals surface area contributed by atoms with Crippen LogP contribution in [0.15, 0.2) is 60.0 Å². The summed E-state index contributed by atoms with van der Waals surface area (Å²) in [7, 11) is 0. The first-order valence-electron chi connectivity index (χ1n) is 5.41. The van der Waals surface area contributed by atoms with Gasteiger partial charge in [-0.1, -0.05) is 54.6 Å². The van der Waals surface area contributed by atoms with Crippen molar-refractivity contribution in [3.05, 3.63) is 76.7 Å². The van der Waals surface area contributed by atoms with Crippen molar-refractivity contribution in [3.8, 4) is 0 Å². The van der Waals surface area contributed by atoms with Gasteiger partial charge in [0.2, 0.25) is 0 Å². The third kappa shape index (κ3) is 1.68. The minimum Gasteiger partial charge on any atom is -0.121 e. The van der Waals surface area contributed by atoms with Crippen LogP contribution in [0.4, 0.5) is 0 Å². The van der Waals surface area contributed by atoms with E-state index in [4.69, 9.17) is 0 Å². The lowest BCUT2D eigenvalue weighted by atomic mass is 9.99. The lowest BCUT2D eigenvalue weighted by Crippen LogP contribution is -2.00. The molecule has 2 aromatic rings. The number of benzene rings is 2. The van der Waals surface area contributed by atoms with Crippen molar-refractivity contribution in [2.75, 3.05) is 0 Å². The van der Waals surface area contributed by atoms with Gasteiger partial charge in [0.15, 0.2) is 0 Å². The highest BCUT2D eigenvalue weighted by Crippen LogP contribution is 2.41. The molecule has 0 fully saturated rings. The summed E-state index contributed by atoms with van der Waals surface area (Å²) in [5.74, 6) is 0. The van der Waals surface area contributed by atoms with Gasteiger partial charge >= 0.3 is 0 Å². The highest BCUT2D eigenvalue weighted by molar-refractivity contribution is 8.02. The van der Waals surface area contributed by atoms with E-state index in [-0.39, 0.29) is 0 Å². The molecule has 0 nitrogen and oxygen atoms in total. The maximum Gasteiger partial charge on any atom is 0.0593 e. The molecule has 1 atom stereocenters. The van der Waals surface area contributed by atoms with Crippen molar-refractivity contribution in [3.63, 3.8) is 0 Å². The molecule has 0 saturated carbocycles. The number of rotatable bonds is 1. The zero-order valence-corrected chi connectivity index (χ0v) is 9.65. The predicted octanol–water partition coefficient (Wildman–Crippen LogP) is 4.49. The summed E-state index contributed by atoms with van der Waals surface area (Å²) in [4.78, 5) is 0. The summed E-state index contributed by atoms with van der Waals surface area (Å²) in [5, 5.41) is 2.64. The average Bonchev–Trinajstić information content (AvgIpc) is 2.39. The summed E-state index contributed by atoms with van der Waals surface area (Å²) in [6, 6.07) is 19.3. The molecule has 0 spiro atoms. The molecular weight excluding hydrogens is 212 g/mol. The molecule has 1 heterocycles. The molecular formula is C15H12S. The summed E-state index contributed by atoms with van der Waals surface area (Å²) >= 11 is 1.88. The van der Waals surface area contributed by atoms with Crippen LogP contribution in [0.5, 0.6) is 0 Å². The monoisotopic (exact) mass is 224 g/mol. The fourth-order valence-electron chi connectivity index (χ4n) is 2.05. The lowest BCUT2D eigenvalue weighted by Gasteiger charge is -2.21. The SMILES string of the molecule is C1=Cc2ccccc2C(c2ccccc2)S1. The van der Waals surface area contributed by atoms with Crippen molar-refractivity contribution in [1.82, 2.24) is 0 Å². The van der Waals surface area contributed by atoms with Crippen molar-refractivity contribution >= 4 is 17.8 Å². The van der Waals surface area contributed by atoms with Gasteiger partial charge in [-0.25, -0.2) is 0 Å². The van der Waals surface area contributed by atoms with Crippen molar-refractivity contribution in [2.24, 2.45) is 0 Å². The summed E-state index contributed by atoms with van der Waals surface area (Å²) in [6.07, 6.45) is 2.19. The molecule has 1 unspecified atom stereocenters. The Morgan fingerprint density at radius 1 is 0.812 bits per heavy atom. The molecule has 78 valence electrons. The maximum absolute atomic E-state index is 2.23. The topological polar surface area (TPSA) is 0 Å². The molecule has 16 heavy (non-hydrogen) atoms. The second kappa shape index (κ2) is 4.18. The van der Waals surface area contributed by atoms with Crippen LogP contribution in [0.25, 0.3) is 6.08 Å². The molecule has 0 radical (unpaired) electrons. The Morgan fingerprint density at radius 3 is 2.44 bits per heavy atom. The summed E-state index contributed by atoms with van der Waals surface area (Å²) < 4.78 is 0. The highest BCUT2D eigenvalue weighted by atomic mass is 32.2. The van der Waals surface area contributed by atoms with Gasteiger partial charge < -0.3 is 0 Å². The van der Waals surface area contributed by atoms with Crippen LogP contribution in [0.2, 0.25) is 0 Å². The van der Waals surface area contributed by atoms with E-state index in [1.165, 1.54) is 16.7 Å². The molecule has 3 rings (SSSR count). The quantitative estimate of drug-likeness (QED) is 0.687. The Morgan fingerprint density at radius 2 is 1.56 bits per heavy atom. The van der Waals surface area contributed by atoms with Crippen LogP contribution >= 0.6 is 11.8 Å². The molecule has 2 aromatic carbocycles. The highest BCUT2D eigenvalue weighted by Gasteiger charge is 2.18. The summed E-state index contributed by atoms with van der Waals surface area (Å²) in [5.41, 5.74) is 4.14. The van der Waals surface area contributed by atoms with E-state index in [0.29, 0.717) is 5.25 Å². The van der Waals surface area contributed by atoms with E-state index >= 15 is 0 Å². The first kappa shape index (κ1) is 9.73. The third-order valence-electron chi connectivity index (χ3n) is 2.84. The van der Waals surface area contributed by atoms with Gasteiger partial charge in [0, 0.05) is 0 Å². The number of fused-ring (bicyclic) bond motifs is 1. The number of thioether (sulfide) groups is 1. The Labute approximate surface area is 100 Å². The molecule has 0 saturated heterocycles. The van der Waals surface area contributed by atoms with E-state index in [2.05, 4.69) is 66.1 Å². The van der Waals surface area contributed by atoms with Crippen LogP contribution < -0.4 is 0 Å². The van der Waals surface area contributed by atoms with Crippen LogP contribution in [-0.4, -0.2) is 0 Å². The molecule has 1 aliphatic heterocycles. The molecule has 0 amide bonds. The van der Waals surface area contributed by atoms with E-state index in [0.717, 1.165) is 0 Å². The molecule has 0 aliphatic carbocycles. The molecule has 0 bridgehead atoms.